The number of carbonyl (C=O) groups is 1. The second-order valence-electron chi connectivity index (χ2n) is 6.07. The summed E-state index contributed by atoms with van der Waals surface area (Å²) in [6, 6.07) is 0.621. The predicted molar refractivity (Wildman–Crippen MR) is 76.0 cm³/mol. The summed E-state index contributed by atoms with van der Waals surface area (Å²) in [6.45, 7) is 3.50. The number of hydrogen-bond donors (Lipinski definition) is 1. The van der Waals surface area contributed by atoms with Gasteiger partial charge in [-0.1, -0.05) is 13.3 Å². The maximum Gasteiger partial charge on any atom is 0.229 e. The van der Waals surface area contributed by atoms with Gasteiger partial charge in [-0.15, -0.1) is 0 Å². The lowest BCUT2D eigenvalue weighted by atomic mass is 9.83. The summed E-state index contributed by atoms with van der Waals surface area (Å²) in [7, 11) is 3.89. The summed E-state index contributed by atoms with van der Waals surface area (Å²) in [5.41, 5.74) is 0. The van der Waals surface area contributed by atoms with E-state index in [4.69, 9.17) is 4.74 Å². The van der Waals surface area contributed by atoms with Crippen molar-refractivity contribution in [3.8, 4) is 0 Å². The fraction of sp³-hybridized carbons (Fsp3) is 0.933. The van der Waals surface area contributed by atoms with Crippen molar-refractivity contribution < 1.29 is 9.53 Å². The molecule has 1 saturated carbocycles. The van der Waals surface area contributed by atoms with Gasteiger partial charge in [0.1, 0.15) is 0 Å². The number of nitrogens with zero attached hydrogens (tertiary/aromatic N) is 1. The van der Waals surface area contributed by atoms with Crippen LogP contribution in [0.1, 0.15) is 39.0 Å². The van der Waals surface area contributed by atoms with Crippen LogP contribution in [0.2, 0.25) is 0 Å². The van der Waals surface area contributed by atoms with Gasteiger partial charge in [0.15, 0.2) is 0 Å². The van der Waals surface area contributed by atoms with Crippen LogP contribution in [0.4, 0.5) is 0 Å². The van der Waals surface area contributed by atoms with E-state index in [1.807, 2.05) is 19.0 Å². The highest BCUT2D eigenvalue weighted by Gasteiger charge is 2.37. The van der Waals surface area contributed by atoms with E-state index in [1.165, 1.54) is 32.1 Å². The Morgan fingerprint density at radius 1 is 1.26 bits per heavy atom. The molecule has 110 valence electrons. The average Bonchev–Trinajstić information content (AvgIpc) is 2.94. The number of hydrogen-bond acceptors (Lipinski definition) is 3. The van der Waals surface area contributed by atoms with Crippen molar-refractivity contribution in [1.29, 1.82) is 0 Å². The van der Waals surface area contributed by atoms with Gasteiger partial charge in [-0.2, -0.15) is 0 Å². The van der Waals surface area contributed by atoms with Crippen LogP contribution in [0.25, 0.3) is 0 Å². The molecule has 0 aromatic heterocycles. The molecule has 2 unspecified atom stereocenters. The van der Waals surface area contributed by atoms with Gasteiger partial charge in [0.2, 0.25) is 5.91 Å². The SMILES string of the molecule is CCC1CCC(N(C)C(=O)C2COCC2NC)CC1. The van der Waals surface area contributed by atoms with Crippen LogP contribution in [-0.2, 0) is 9.53 Å². The summed E-state index contributed by atoms with van der Waals surface area (Å²) >= 11 is 0. The Labute approximate surface area is 116 Å². The molecule has 2 rings (SSSR count). The topological polar surface area (TPSA) is 41.6 Å². The Kier molecular flexibility index (Phi) is 5.22. The largest absolute Gasteiger partial charge is 0.379 e. The van der Waals surface area contributed by atoms with Crippen LogP contribution < -0.4 is 5.32 Å². The standard InChI is InChI=1S/C15H28N2O2/c1-4-11-5-7-12(8-6-11)17(3)15(18)13-9-19-10-14(13)16-2/h11-14,16H,4-10H2,1-3H3. The number of amides is 1. The van der Waals surface area contributed by atoms with Gasteiger partial charge in [-0.05, 0) is 38.6 Å². The fourth-order valence-electron chi connectivity index (χ4n) is 3.46. The van der Waals surface area contributed by atoms with Crippen molar-refractivity contribution in [1.82, 2.24) is 10.2 Å². The molecule has 1 N–H and O–H groups in total. The molecule has 1 aliphatic carbocycles. The summed E-state index contributed by atoms with van der Waals surface area (Å²) < 4.78 is 5.44. The van der Waals surface area contributed by atoms with E-state index < -0.39 is 0 Å². The zero-order valence-corrected chi connectivity index (χ0v) is 12.5. The zero-order chi connectivity index (χ0) is 13.8. The maximum absolute atomic E-state index is 12.6. The third-order valence-corrected chi connectivity index (χ3v) is 5.06. The first-order valence-corrected chi connectivity index (χ1v) is 7.69. The summed E-state index contributed by atoms with van der Waals surface area (Å²) in [4.78, 5) is 14.6. The third-order valence-electron chi connectivity index (χ3n) is 5.06. The molecule has 2 atom stereocenters. The Morgan fingerprint density at radius 3 is 2.53 bits per heavy atom. The first-order valence-electron chi connectivity index (χ1n) is 7.69. The van der Waals surface area contributed by atoms with Gasteiger partial charge in [0.25, 0.3) is 0 Å². The molecule has 0 aromatic rings. The minimum Gasteiger partial charge on any atom is -0.379 e. The minimum atomic E-state index is -0.00102. The maximum atomic E-state index is 12.6. The van der Waals surface area contributed by atoms with Crippen molar-refractivity contribution in [3.05, 3.63) is 0 Å². The molecule has 2 aliphatic rings. The Morgan fingerprint density at radius 2 is 1.95 bits per heavy atom. The normalized spacial score (nSPS) is 35.3. The van der Waals surface area contributed by atoms with Gasteiger partial charge in [0, 0.05) is 19.1 Å². The smallest absolute Gasteiger partial charge is 0.229 e. The molecule has 1 heterocycles. The monoisotopic (exact) mass is 268 g/mol. The van der Waals surface area contributed by atoms with Crippen molar-refractivity contribution >= 4 is 5.91 Å². The molecule has 4 heteroatoms. The summed E-state index contributed by atoms with van der Waals surface area (Å²) in [6.07, 6.45) is 6.16. The van der Waals surface area contributed by atoms with E-state index in [0.717, 1.165) is 5.92 Å². The molecule has 2 fully saturated rings. The van der Waals surface area contributed by atoms with Crippen molar-refractivity contribution in [2.45, 2.75) is 51.1 Å². The molecule has 1 aliphatic heterocycles. The van der Waals surface area contributed by atoms with Crippen LogP contribution >= 0.6 is 0 Å². The third kappa shape index (κ3) is 3.29. The van der Waals surface area contributed by atoms with Gasteiger partial charge in [0.05, 0.1) is 19.1 Å². The lowest BCUT2D eigenvalue weighted by Gasteiger charge is -2.36. The highest BCUT2D eigenvalue weighted by Crippen LogP contribution is 2.30. The van der Waals surface area contributed by atoms with E-state index in [1.54, 1.807) is 0 Å². The van der Waals surface area contributed by atoms with E-state index in [0.29, 0.717) is 19.3 Å². The molecule has 1 amide bonds. The second-order valence-corrected chi connectivity index (χ2v) is 6.07. The van der Waals surface area contributed by atoms with Crippen LogP contribution in [-0.4, -0.2) is 50.2 Å². The van der Waals surface area contributed by atoms with Crippen molar-refractivity contribution in [2.24, 2.45) is 11.8 Å². The van der Waals surface area contributed by atoms with E-state index >= 15 is 0 Å². The fourth-order valence-corrected chi connectivity index (χ4v) is 3.46. The number of nitrogens with one attached hydrogen (secondary N) is 1. The molecule has 4 nitrogen and oxygen atoms in total. The lowest BCUT2D eigenvalue weighted by Crippen LogP contribution is -2.47. The van der Waals surface area contributed by atoms with Crippen LogP contribution in [0.15, 0.2) is 0 Å². The highest BCUT2D eigenvalue weighted by atomic mass is 16.5. The lowest BCUT2D eigenvalue weighted by molar-refractivity contribution is -0.137. The van der Waals surface area contributed by atoms with E-state index in [-0.39, 0.29) is 17.9 Å². The molecule has 0 spiro atoms. The molecular weight excluding hydrogens is 240 g/mol. The Hall–Kier alpha value is -0.610. The quantitative estimate of drug-likeness (QED) is 0.843. The number of ether oxygens (including phenoxy) is 1. The molecule has 0 aromatic carbocycles. The molecule has 1 saturated heterocycles. The Bertz CT molecular complexity index is 301. The van der Waals surface area contributed by atoms with E-state index in [2.05, 4.69) is 12.2 Å². The first-order chi connectivity index (χ1) is 9.17. The van der Waals surface area contributed by atoms with Gasteiger partial charge in [-0.25, -0.2) is 0 Å². The number of rotatable bonds is 4. The van der Waals surface area contributed by atoms with Gasteiger partial charge in [-0.3, -0.25) is 4.79 Å². The molecule has 19 heavy (non-hydrogen) atoms. The van der Waals surface area contributed by atoms with Gasteiger partial charge >= 0.3 is 0 Å². The molecule has 0 bridgehead atoms. The summed E-state index contributed by atoms with van der Waals surface area (Å²) in [5, 5.41) is 3.20. The van der Waals surface area contributed by atoms with Gasteiger partial charge < -0.3 is 15.0 Å². The van der Waals surface area contributed by atoms with Crippen molar-refractivity contribution in [3.63, 3.8) is 0 Å². The van der Waals surface area contributed by atoms with Crippen LogP contribution in [0, 0.1) is 11.8 Å². The number of likely N-dealkylation sites (N-methyl/N-ethyl adjacent to an activating group) is 1. The average molecular weight is 268 g/mol. The highest BCUT2D eigenvalue weighted by molar-refractivity contribution is 5.80. The molecular formula is C15H28N2O2. The first kappa shape index (κ1) is 14.8. The zero-order valence-electron chi connectivity index (χ0n) is 12.5. The van der Waals surface area contributed by atoms with E-state index in [9.17, 15) is 4.79 Å². The summed E-state index contributed by atoms with van der Waals surface area (Å²) in [5.74, 6) is 1.13. The van der Waals surface area contributed by atoms with Crippen LogP contribution in [0.5, 0.6) is 0 Å². The predicted octanol–water partition coefficient (Wildman–Crippen LogP) is 1.65. The Balaban J connectivity index is 1.89. The van der Waals surface area contributed by atoms with Crippen LogP contribution in [0.3, 0.4) is 0 Å². The minimum absolute atomic E-state index is 0.00102. The molecule has 0 radical (unpaired) electrons. The number of carbonyl (C=O) groups excluding carboxylic acids is 1. The van der Waals surface area contributed by atoms with Crippen molar-refractivity contribution in [2.75, 3.05) is 27.3 Å². The second kappa shape index (κ2) is 6.71.